The van der Waals surface area contributed by atoms with E-state index in [1.54, 1.807) is 32.3 Å². The van der Waals surface area contributed by atoms with E-state index in [-0.39, 0.29) is 22.6 Å². The first-order valence-electron chi connectivity index (χ1n) is 7.24. The Kier molecular flexibility index (Phi) is 6.34. The SMILES string of the molecule is CC(C)[C@@H](NS(=O)(=O)c1ccc(Cl)s1)C(=O)NCc1cccnc1. The molecule has 6 nitrogen and oxygen atoms in total. The topological polar surface area (TPSA) is 88.2 Å². The number of hydrogen-bond donors (Lipinski definition) is 2. The number of sulfonamides is 1. The van der Waals surface area contributed by atoms with Gasteiger partial charge in [0.2, 0.25) is 5.91 Å². The van der Waals surface area contributed by atoms with Crippen LogP contribution in [0.25, 0.3) is 0 Å². The standard InChI is InChI=1S/C15H18ClN3O3S2/c1-10(2)14(15(20)18-9-11-4-3-7-17-8-11)19-24(21,22)13-6-5-12(16)23-13/h3-8,10,14,19H,9H2,1-2H3,(H,18,20)/t14-/m1/s1. The third kappa shape index (κ3) is 5.01. The Bertz CT molecular complexity index is 791. The summed E-state index contributed by atoms with van der Waals surface area (Å²) < 4.78 is 27.7. The molecule has 2 N–H and O–H groups in total. The monoisotopic (exact) mass is 387 g/mol. The summed E-state index contributed by atoms with van der Waals surface area (Å²) in [5.41, 5.74) is 0.834. The number of carbonyl (C=O) groups is 1. The van der Waals surface area contributed by atoms with Crippen LogP contribution in [0.15, 0.2) is 40.9 Å². The summed E-state index contributed by atoms with van der Waals surface area (Å²) >= 11 is 6.73. The fourth-order valence-electron chi connectivity index (χ4n) is 1.96. The van der Waals surface area contributed by atoms with E-state index in [0.29, 0.717) is 4.34 Å². The molecule has 0 bridgehead atoms. The van der Waals surface area contributed by atoms with Crippen LogP contribution in [-0.4, -0.2) is 25.4 Å². The lowest BCUT2D eigenvalue weighted by Crippen LogP contribution is -2.49. The molecule has 0 radical (unpaired) electrons. The Labute approximate surface area is 150 Å². The fraction of sp³-hybridized carbons (Fsp3) is 0.333. The van der Waals surface area contributed by atoms with Crippen LogP contribution in [0, 0.1) is 5.92 Å². The predicted octanol–water partition coefficient (Wildman–Crippen LogP) is 2.42. The van der Waals surface area contributed by atoms with E-state index in [1.165, 1.54) is 12.1 Å². The number of hydrogen-bond acceptors (Lipinski definition) is 5. The summed E-state index contributed by atoms with van der Waals surface area (Å²) in [5, 5.41) is 2.73. The van der Waals surface area contributed by atoms with Crippen LogP contribution in [0.4, 0.5) is 0 Å². The Morgan fingerprint density at radius 2 is 2.08 bits per heavy atom. The summed E-state index contributed by atoms with van der Waals surface area (Å²) in [6.07, 6.45) is 3.28. The predicted molar refractivity (Wildman–Crippen MR) is 94.4 cm³/mol. The van der Waals surface area contributed by atoms with E-state index in [0.717, 1.165) is 16.9 Å². The molecule has 9 heteroatoms. The highest BCUT2D eigenvalue weighted by molar-refractivity contribution is 7.91. The number of amides is 1. The number of halogens is 1. The van der Waals surface area contributed by atoms with Gasteiger partial charge in [-0.2, -0.15) is 4.72 Å². The van der Waals surface area contributed by atoms with Gasteiger partial charge in [0.25, 0.3) is 10.0 Å². The van der Waals surface area contributed by atoms with Gasteiger partial charge in [0.15, 0.2) is 0 Å². The van der Waals surface area contributed by atoms with Gasteiger partial charge in [-0.3, -0.25) is 9.78 Å². The van der Waals surface area contributed by atoms with Gasteiger partial charge in [-0.1, -0.05) is 31.5 Å². The number of rotatable bonds is 7. The van der Waals surface area contributed by atoms with Crippen LogP contribution >= 0.6 is 22.9 Å². The molecular weight excluding hydrogens is 370 g/mol. The summed E-state index contributed by atoms with van der Waals surface area (Å²) in [5.74, 6) is -0.607. The summed E-state index contributed by atoms with van der Waals surface area (Å²) in [4.78, 5) is 16.4. The van der Waals surface area contributed by atoms with Crippen molar-refractivity contribution in [3.05, 3.63) is 46.6 Å². The number of carbonyl (C=O) groups excluding carboxylic acids is 1. The van der Waals surface area contributed by atoms with Crippen LogP contribution in [0.3, 0.4) is 0 Å². The highest BCUT2D eigenvalue weighted by Crippen LogP contribution is 2.25. The maximum atomic E-state index is 12.4. The lowest BCUT2D eigenvalue weighted by Gasteiger charge is -2.21. The molecule has 0 aliphatic heterocycles. The average molecular weight is 388 g/mol. The highest BCUT2D eigenvalue weighted by atomic mass is 35.5. The maximum Gasteiger partial charge on any atom is 0.250 e. The van der Waals surface area contributed by atoms with Gasteiger partial charge < -0.3 is 5.32 Å². The van der Waals surface area contributed by atoms with E-state index in [9.17, 15) is 13.2 Å². The van der Waals surface area contributed by atoms with Gasteiger partial charge in [0.1, 0.15) is 10.3 Å². The fourth-order valence-corrected chi connectivity index (χ4v) is 4.80. The first-order chi connectivity index (χ1) is 11.3. The van der Waals surface area contributed by atoms with Crippen molar-refractivity contribution < 1.29 is 13.2 Å². The van der Waals surface area contributed by atoms with Crippen molar-refractivity contribution in [2.24, 2.45) is 5.92 Å². The summed E-state index contributed by atoms with van der Waals surface area (Å²) in [6.45, 7) is 3.83. The molecule has 2 aromatic heterocycles. The Hall–Kier alpha value is -1.48. The first kappa shape index (κ1) is 18.9. The lowest BCUT2D eigenvalue weighted by molar-refractivity contribution is -0.123. The minimum Gasteiger partial charge on any atom is -0.351 e. The molecule has 130 valence electrons. The molecule has 0 spiro atoms. The number of pyridine rings is 1. The van der Waals surface area contributed by atoms with Crippen molar-refractivity contribution in [2.75, 3.05) is 0 Å². The minimum atomic E-state index is -3.80. The van der Waals surface area contributed by atoms with Crippen molar-refractivity contribution in [3.8, 4) is 0 Å². The quantitative estimate of drug-likeness (QED) is 0.763. The summed E-state index contributed by atoms with van der Waals surface area (Å²) in [7, 11) is -3.80. The van der Waals surface area contributed by atoms with E-state index in [2.05, 4.69) is 15.0 Å². The van der Waals surface area contributed by atoms with E-state index in [4.69, 9.17) is 11.6 Å². The number of nitrogens with one attached hydrogen (secondary N) is 2. The molecule has 2 heterocycles. The second kappa shape index (κ2) is 8.06. The van der Waals surface area contributed by atoms with Crippen LogP contribution in [0.1, 0.15) is 19.4 Å². The van der Waals surface area contributed by atoms with Crippen LogP contribution in [-0.2, 0) is 21.4 Å². The number of aromatic nitrogens is 1. The summed E-state index contributed by atoms with van der Waals surface area (Å²) in [6, 6.07) is 5.64. The van der Waals surface area contributed by atoms with Gasteiger partial charge in [0, 0.05) is 18.9 Å². The third-order valence-corrected chi connectivity index (χ3v) is 6.40. The largest absolute Gasteiger partial charge is 0.351 e. The van der Waals surface area contributed by atoms with E-state index < -0.39 is 16.1 Å². The van der Waals surface area contributed by atoms with Crippen molar-refractivity contribution in [3.63, 3.8) is 0 Å². The molecule has 0 aliphatic rings. The molecular formula is C15H18ClN3O3S2. The molecule has 0 unspecified atom stereocenters. The Morgan fingerprint density at radius 3 is 2.62 bits per heavy atom. The molecule has 2 rings (SSSR count). The molecule has 0 saturated heterocycles. The van der Waals surface area contributed by atoms with Crippen molar-refractivity contribution in [2.45, 2.75) is 30.6 Å². The van der Waals surface area contributed by atoms with E-state index in [1.807, 2.05) is 6.07 Å². The second-order valence-electron chi connectivity index (χ2n) is 5.48. The zero-order chi connectivity index (χ0) is 17.7. The molecule has 0 saturated carbocycles. The zero-order valence-electron chi connectivity index (χ0n) is 13.2. The third-order valence-electron chi connectivity index (χ3n) is 3.23. The van der Waals surface area contributed by atoms with Gasteiger partial charge in [0.05, 0.1) is 4.34 Å². The maximum absolute atomic E-state index is 12.4. The van der Waals surface area contributed by atoms with Gasteiger partial charge >= 0.3 is 0 Å². The smallest absolute Gasteiger partial charge is 0.250 e. The molecule has 24 heavy (non-hydrogen) atoms. The average Bonchev–Trinajstić information content (AvgIpc) is 2.98. The molecule has 1 atom stereocenters. The molecule has 2 aromatic rings. The van der Waals surface area contributed by atoms with Crippen molar-refractivity contribution in [1.29, 1.82) is 0 Å². The zero-order valence-corrected chi connectivity index (χ0v) is 15.6. The Morgan fingerprint density at radius 1 is 1.33 bits per heavy atom. The van der Waals surface area contributed by atoms with Crippen LogP contribution in [0.5, 0.6) is 0 Å². The number of thiophene rings is 1. The van der Waals surface area contributed by atoms with Gasteiger partial charge in [-0.25, -0.2) is 8.42 Å². The minimum absolute atomic E-state index is 0.0817. The Balaban J connectivity index is 2.07. The van der Waals surface area contributed by atoms with Gasteiger partial charge in [-0.15, -0.1) is 11.3 Å². The van der Waals surface area contributed by atoms with Crippen molar-refractivity contribution >= 4 is 38.9 Å². The molecule has 0 aliphatic carbocycles. The molecule has 0 fully saturated rings. The number of nitrogens with zero attached hydrogens (tertiary/aromatic N) is 1. The molecule has 1 amide bonds. The first-order valence-corrected chi connectivity index (χ1v) is 9.91. The van der Waals surface area contributed by atoms with Crippen LogP contribution in [0.2, 0.25) is 4.34 Å². The second-order valence-corrected chi connectivity index (χ2v) is 9.14. The normalized spacial score (nSPS) is 13.0. The van der Waals surface area contributed by atoms with Gasteiger partial charge in [-0.05, 0) is 29.7 Å². The molecule has 0 aromatic carbocycles. The lowest BCUT2D eigenvalue weighted by atomic mass is 10.0. The van der Waals surface area contributed by atoms with E-state index >= 15 is 0 Å². The highest BCUT2D eigenvalue weighted by Gasteiger charge is 2.29. The van der Waals surface area contributed by atoms with Crippen LogP contribution < -0.4 is 10.0 Å². The van der Waals surface area contributed by atoms with Crippen molar-refractivity contribution in [1.82, 2.24) is 15.0 Å².